The van der Waals surface area contributed by atoms with E-state index in [0.717, 1.165) is 42.5 Å². The zero-order chi connectivity index (χ0) is 20.9. The van der Waals surface area contributed by atoms with Crippen molar-refractivity contribution in [3.63, 3.8) is 0 Å². The van der Waals surface area contributed by atoms with Crippen LogP contribution < -0.4 is 10.6 Å². The first-order valence-electron chi connectivity index (χ1n) is 10.3. The van der Waals surface area contributed by atoms with Gasteiger partial charge in [-0.2, -0.15) is 0 Å². The van der Waals surface area contributed by atoms with Crippen LogP contribution in [0.15, 0.2) is 24.5 Å². The number of pyridine rings is 2. The van der Waals surface area contributed by atoms with Crippen LogP contribution in [0.1, 0.15) is 23.3 Å². The van der Waals surface area contributed by atoms with Gasteiger partial charge in [0.05, 0.1) is 49.9 Å². The highest BCUT2D eigenvalue weighted by Gasteiger charge is 2.29. The Bertz CT molecular complexity index is 872. The van der Waals surface area contributed by atoms with Gasteiger partial charge in [0, 0.05) is 31.8 Å². The van der Waals surface area contributed by atoms with E-state index < -0.39 is 5.91 Å². The Kier molecular flexibility index (Phi) is 6.73. The third-order valence-electron chi connectivity index (χ3n) is 5.67. The quantitative estimate of drug-likeness (QED) is 0.638. The van der Waals surface area contributed by atoms with Gasteiger partial charge in [0.15, 0.2) is 0 Å². The molecule has 2 aliphatic rings. The number of carbonyl (C=O) groups excluding carboxylic acids is 1. The number of anilines is 1. The second-order valence-corrected chi connectivity index (χ2v) is 7.57. The molecule has 2 aromatic heterocycles. The number of rotatable bonds is 8. The summed E-state index contributed by atoms with van der Waals surface area (Å²) >= 11 is 0. The second kappa shape index (κ2) is 9.65. The fraction of sp³-hybridized carbons (Fsp3) is 0.571. The minimum absolute atomic E-state index is 0.00577. The maximum atomic E-state index is 11.5. The largest absolute Gasteiger partial charge is 0.376 e. The number of amides is 1. The van der Waals surface area contributed by atoms with E-state index in [-0.39, 0.29) is 24.0 Å². The molecule has 0 spiro atoms. The Morgan fingerprint density at radius 2 is 1.93 bits per heavy atom. The van der Waals surface area contributed by atoms with Crippen molar-refractivity contribution in [1.29, 1.82) is 0 Å². The molecule has 2 aliphatic heterocycles. The van der Waals surface area contributed by atoms with E-state index in [1.807, 2.05) is 6.07 Å². The van der Waals surface area contributed by atoms with E-state index >= 15 is 0 Å². The maximum absolute atomic E-state index is 11.5. The van der Waals surface area contributed by atoms with Crippen LogP contribution >= 0.6 is 0 Å². The van der Waals surface area contributed by atoms with Crippen molar-refractivity contribution in [2.75, 3.05) is 51.5 Å². The molecule has 2 aromatic rings. The summed E-state index contributed by atoms with van der Waals surface area (Å²) in [7, 11) is 1.68. The summed E-state index contributed by atoms with van der Waals surface area (Å²) in [5.41, 5.74) is 7.33. The molecule has 9 heteroatoms. The number of aromatic nitrogens is 2. The summed E-state index contributed by atoms with van der Waals surface area (Å²) in [6.07, 6.45) is 5.53. The molecule has 1 amide bonds. The van der Waals surface area contributed by atoms with Crippen LogP contribution in [0.3, 0.4) is 0 Å². The molecular formula is C21H28N4O5. The Morgan fingerprint density at radius 3 is 2.70 bits per heavy atom. The molecule has 2 N–H and O–H groups in total. The van der Waals surface area contributed by atoms with Gasteiger partial charge in [-0.15, -0.1) is 0 Å². The number of nitrogens with zero attached hydrogens (tertiary/aromatic N) is 3. The molecule has 0 aromatic carbocycles. The summed E-state index contributed by atoms with van der Waals surface area (Å²) in [6, 6.07) is 3.46. The highest BCUT2D eigenvalue weighted by Crippen LogP contribution is 2.27. The van der Waals surface area contributed by atoms with E-state index in [4.69, 9.17) is 24.7 Å². The Labute approximate surface area is 175 Å². The van der Waals surface area contributed by atoms with Crippen LogP contribution in [0.5, 0.6) is 0 Å². The third-order valence-corrected chi connectivity index (χ3v) is 5.67. The number of carbonyl (C=O) groups is 1. The lowest BCUT2D eigenvalue weighted by atomic mass is 10.1. The van der Waals surface area contributed by atoms with Crippen LogP contribution in [0, 0.1) is 0 Å². The van der Waals surface area contributed by atoms with Gasteiger partial charge in [-0.3, -0.25) is 9.78 Å². The predicted octanol–water partition coefficient (Wildman–Crippen LogP) is 1.14. The first-order chi connectivity index (χ1) is 14.7. The van der Waals surface area contributed by atoms with Gasteiger partial charge in [0.1, 0.15) is 17.9 Å². The molecule has 0 bridgehead atoms. The average Bonchev–Trinajstić information content (AvgIpc) is 3.24. The van der Waals surface area contributed by atoms with Gasteiger partial charge < -0.3 is 29.6 Å². The molecule has 2 fully saturated rings. The van der Waals surface area contributed by atoms with E-state index in [0.29, 0.717) is 26.4 Å². The summed E-state index contributed by atoms with van der Waals surface area (Å²) in [5.74, 6) is -0.532. The Morgan fingerprint density at radius 1 is 1.17 bits per heavy atom. The summed E-state index contributed by atoms with van der Waals surface area (Å²) < 4.78 is 22.6. The lowest BCUT2D eigenvalue weighted by Gasteiger charge is -2.33. The molecule has 2 saturated heterocycles. The van der Waals surface area contributed by atoms with Crippen LogP contribution in [-0.4, -0.2) is 80.8 Å². The minimum atomic E-state index is -0.532. The smallest absolute Gasteiger partial charge is 0.267 e. The molecule has 0 radical (unpaired) electrons. The van der Waals surface area contributed by atoms with Crippen LogP contribution in [0.25, 0.3) is 10.9 Å². The van der Waals surface area contributed by atoms with Crippen molar-refractivity contribution in [2.45, 2.75) is 31.2 Å². The van der Waals surface area contributed by atoms with Crippen LogP contribution in [0.2, 0.25) is 0 Å². The summed E-state index contributed by atoms with van der Waals surface area (Å²) in [4.78, 5) is 22.5. The summed E-state index contributed by atoms with van der Waals surface area (Å²) in [6.45, 7) is 3.90. The Hall–Kier alpha value is -2.33. The molecule has 0 saturated carbocycles. The van der Waals surface area contributed by atoms with Crippen molar-refractivity contribution in [1.82, 2.24) is 9.97 Å². The van der Waals surface area contributed by atoms with Gasteiger partial charge in [-0.05, 0) is 25.0 Å². The fourth-order valence-electron chi connectivity index (χ4n) is 3.97. The number of methoxy groups -OCH3 is 1. The van der Waals surface area contributed by atoms with Gasteiger partial charge in [0.25, 0.3) is 5.91 Å². The lowest BCUT2D eigenvalue weighted by Crippen LogP contribution is -2.38. The topological polar surface area (TPSA) is 109 Å². The van der Waals surface area contributed by atoms with Gasteiger partial charge >= 0.3 is 0 Å². The zero-order valence-corrected chi connectivity index (χ0v) is 17.2. The molecule has 30 heavy (non-hydrogen) atoms. The van der Waals surface area contributed by atoms with Crippen molar-refractivity contribution < 1.29 is 23.7 Å². The standard InChI is InChI=1S/C21H28N4O5/c1-27-18-12-28-13-19(18)30-9-8-29-15-4-6-25(7-5-15)17-11-23-10-14-2-3-16(21(22)26)24-20(14)17/h2-3,10-11,15,18-19H,4-9,12-13H2,1H3,(H2,22,26). The first kappa shape index (κ1) is 20.9. The van der Waals surface area contributed by atoms with Gasteiger partial charge in [-0.1, -0.05) is 0 Å². The van der Waals surface area contributed by atoms with Crippen molar-refractivity contribution in [2.24, 2.45) is 5.73 Å². The average molecular weight is 416 g/mol. The monoisotopic (exact) mass is 416 g/mol. The normalized spacial score (nSPS) is 22.6. The van der Waals surface area contributed by atoms with E-state index in [1.54, 1.807) is 25.6 Å². The van der Waals surface area contributed by atoms with Crippen molar-refractivity contribution >= 4 is 22.5 Å². The second-order valence-electron chi connectivity index (χ2n) is 7.57. The number of fused-ring (bicyclic) bond motifs is 1. The number of hydrogen-bond donors (Lipinski definition) is 1. The summed E-state index contributed by atoms with van der Waals surface area (Å²) in [5, 5.41) is 0.887. The molecule has 9 nitrogen and oxygen atoms in total. The number of nitrogens with two attached hydrogens (primary N) is 1. The molecule has 162 valence electrons. The van der Waals surface area contributed by atoms with Crippen molar-refractivity contribution in [3.05, 3.63) is 30.2 Å². The first-order valence-corrected chi connectivity index (χ1v) is 10.3. The molecule has 4 rings (SSSR count). The molecule has 2 atom stereocenters. The van der Waals surface area contributed by atoms with Gasteiger partial charge in [-0.25, -0.2) is 4.98 Å². The third kappa shape index (κ3) is 4.70. The van der Waals surface area contributed by atoms with Crippen LogP contribution in [0.4, 0.5) is 5.69 Å². The number of hydrogen-bond acceptors (Lipinski definition) is 8. The highest BCUT2D eigenvalue weighted by molar-refractivity contribution is 5.96. The SMILES string of the molecule is COC1COCC1OCCOC1CCN(c2cncc3ccc(C(N)=O)nc23)CC1. The zero-order valence-electron chi connectivity index (χ0n) is 17.2. The maximum Gasteiger partial charge on any atom is 0.267 e. The van der Waals surface area contributed by atoms with Gasteiger partial charge in [0.2, 0.25) is 0 Å². The predicted molar refractivity (Wildman–Crippen MR) is 111 cm³/mol. The molecular weight excluding hydrogens is 388 g/mol. The molecule has 4 heterocycles. The highest BCUT2D eigenvalue weighted by atomic mass is 16.6. The molecule has 2 unspecified atom stereocenters. The van der Waals surface area contributed by atoms with Crippen LogP contribution in [-0.2, 0) is 18.9 Å². The Balaban J connectivity index is 1.28. The van der Waals surface area contributed by atoms with E-state index in [2.05, 4.69) is 14.9 Å². The fourth-order valence-corrected chi connectivity index (χ4v) is 3.97. The number of piperidine rings is 1. The minimum Gasteiger partial charge on any atom is -0.376 e. The van der Waals surface area contributed by atoms with E-state index in [1.165, 1.54) is 0 Å². The molecule has 0 aliphatic carbocycles. The number of ether oxygens (including phenoxy) is 4. The van der Waals surface area contributed by atoms with E-state index in [9.17, 15) is 4.79 Å². The number of primary amides is 1. The van der Waals surface area contributed by atoms with Crippen molar-refractivity contribution in [3.8, 4) is 0 Å². The lowest BCUT2D eigenvalue weighted by molar-refractivity contribution is -0.0613.